The molecule has 8 heteroatoms. The molecular formula is C16H12Cl2N4OS. The van der Waals surface area contributed by atoms with Gasteiger partial charge in [0.05, 0.1) is 12.8 Å². The average molecular weight is 379 g/mol. The van der Waals surface area contributed by atoms with Crippen molar-refractivity contribution in [3.8, 4) is 0 Å². The number of benzene rings is 1. The van der Waals surface area contributed by atoms with Crippen molar-refractivity contribution in [3.63, 3.8) is 0 Å². The van der Waals surface area contributed by atoms with E-state index in [2.05, 4.69) is 15.6 Å². The van der Waals surface area contributed by atoms with Crippen LogP contribution in [-0.2, 0) is 6.54 Å². The summed E-state index contributed by atoms with van der Waals surface area (Å²) in [6.07, 6.45) is 3.30. The summed E-state index contributed by atoms with van der Waals surface area (Å²) in [4.78, 5) is 13.0. The van der Waals surface area contributed by atoms with Crippen LogP contribution < -0.4 is 5.43 Å². The second-order valence-electron chi connectivity index (χ2n) is 4.85. The van der Waals surface area contributed by atoms with Crippen molar-refractivity contribution in [2.75, 3.05) is 0 Å². The zero-order chi connectivity index (χ0) is 16.9. The molecule has 0 atom stereocenters. The molecule has 1 amide bonds. The Morgan fingerprint density at radius 3 is 2.96 bits per heavy atom. The van der Waals surface area contributed by atoms with Crippen molar-refractivity contribution >= 4 is 46.7 Å². The van der Waals surface area contributed by atoms with Crippen molar-refractivity contribution in [1.82, 2.24) is 15.2 Å². The van der Waals surface area contributed by atoms with Gasteiger partial charge in [0.15, 0.2) is 5.69 Å². The highest BCUT2D eigenvalue weighted by molar-refractivity contribution is 7.11. The first-order chi connectivity index (χ1) is 11.6. The van der Waals surface area contributed by atoms with Gasteiger partial charge in [-0.25, -0.2) is 5.43 Å². The Balaban J connectivity index is 1.63. The lowest BCUT2D eigenvalue weighted by Gasteiger charge is -2.05. The Hall–Kier alpha value is -2.15. The average Bonchev–Trinajstić information content (AvgIpc) is 3.22. The van der Waals surface area contributed by atoms with E-state index in [4.69, 9.17) is 23.2 Å². The van der Waals surface area contributed by atoms with E-state index in [0.717, 1.165) is 10.4 Å². The van der Waals surface area contributed by atoms with Crippen molar-refractivity contribution in [1.29, 1.82) is 0 Å². The van der Waals surface area contributed by atoms with Gasteiger partial charge in [0.25, 0.3) is 5.91 Å². The predicted molar refractivity (Wildman–Crippen MR) is 97.2 cm³/mol. The smallest absolute Gasteiger partial charge is 0.267 e. The molecule has 3 aromatic rings. The normalized spacial score (nSPS) is 11.1. The third-order valence-corrected chi connectivity index (χ3v) is 4.52. The minimum absolute atomic E-state index is 0.281. The highest BCUT2D eigenvalue weighted by atomic mass is 35.5. The lowest BCUT2D eigenvalue weighted by Crippen LogP contribution is -2.18. The molecule has 122 valence electrons. The molecule has 2 aromatic heterocycles. The van der Waals surface area contributed by atoms with E-state index in [1.165, 1.54) is 11.3 Å². The Labute approximate surface area is 152 Å². The Morgan fingerprint density at radius 2 is 2.21 bits per heavy atom. The molecule has 0 unspecified atom stereocenters. The maximum Gasteiger partial charge on any atom is 0.291 e. The summed E-state index contributed by atoms with van der Waals surface area (Å²) in [7, 11) is 0. The fourth-order valence-electron chi connectivity index (χ4n) is 1.97. The molecule has 0 saturated heterocycles. The SMILES string of the molecule is O=C(N/N=C\c1cccs1)c1ccn(Cc2ccc(Cl)cc2Cl)n1. The maximum atomic E-state index is 12.0. The van der Waals surface area contributed by atoms with Gasteiger partial charge in [-0.2, -0.15) is 10.2 Å². The van der Waals surface area contributed by atoms with E-state index in [-0.39, 0.29) is 11.6 Å². The van der Waals surface area contributed by atoms with Gasteiger partial charge >= 0.3 is 0 Å². The molecule has 1 N–H and O–H groups in total. The number of carbonyl (C=O) groups is 1. The number of amides is 1. The lowest BCUT2D eigenvalue weighted by molar-refractivity contribution is 0.0949. The maximum absolute atomic E-state index is 12.0. The third kappa shape index (κ3) is 4.23. The molecule has 0 radical (unpaired) electrons. The number of nitrogens with one attached hydrogen (secondary N) is 1. The zero-order valence-electron chi connectivity index (χ0n) is 12.3. The molecule has 0 spiro atoms. The monoisotopic (exact) mass is 378 g/mol. The first-order valence-corrected chi connectivity index (χ1v) is 8.59. The minimum Gasteiger partial charge on any atom is -0.267 e. The summed E-state index contributed by atoms with van der Waals surface area (Å²) < 4.78 is 1.63. The molecule has 24 heavy (non-hydrogen) atoms. The molecule has 0 aliphatic rings. The van der Waals surface area contributed by atoms with Crippen LogP contribution in [0, 0.1) is 0 Å². The van der Waals surface area contributed by atoms with Gasteiger partial charge in [-0.05, 0) is 35.2 Å². The summed E-state index contributed by atoms with van der Waals surface area (Å²) in [5, 5.41) is 11.2. The lowest BCUT2D eigenvalue weighted by atomic mass is 10.2. The van der Waals surface area contributed by atoms with Gasteiger partial charge in [-0.3, -0.25) is 9.48 Å². The van der Waals surface area contributed by atoms with E-state index < -0.39 is 0 Å². The van der Waals surface area contributed by atoms with Crippen molar-refractivity contribution in [2.45, 2.75) is 6.54 Å². The van der Waals surface area contributed by atoms with Crippen LogP contribution in [0.1, 0.15) is 20.9 Å². The largest absolute Gasteiger partial charge is 0.291 e. The predicted octanol–water partition coefficient (Wildman–Crippen LogP) is 4.06. The molecule has 0 aliphatic heterocycles. The Morgan fingerprint density at radius 1 is 1.33 bits per heavy atom. The highest BCUT2D eigenvalue weighted by Crippen LogP contribution is 2.21. The van der Waals surface area contributed by atoms with E-state index >= 15 is 0 Å². The van der Waals surface area contributed by atoms with Crippen LogP contribution in [0.4, 0.5) is 0 Å². The van der Waals surface area contributed by atoms with Crippen LogP contribution in [0.25, 0.3) is 0 Å². The summed E-state index contributed by atoms with van der Waals surface area (Å²) >= 11 is 13.6. The molecule has 0 bridgehead atoms. The summed E-state index contributed by atoms with van der Waals surface area (Å²) in [5.74, 6) is -0.372. The third-order valence-electron chi connectivity index (χ3n) is 3.12. The number of hydrogen-bond acceptors (Lipinski definition) is 4. The zero-order valence-corrected chi connectivity index (χ0v) is 14.6. The fourth-order valence-corrected chi connectivity index (χ4v) is 3.03. The van der Waals surface area contributed by atoms with Gasteiger partial charge in [0.1, 0.15) is 0 Å². The molecule has 5 nitrogen and oxygen atoms in total. The Kier molecular flexibility index (Phi) is 5.30. The summed E-state index contributed by atoms with van der Waals surface area (Å²) in [6.45, 7) is 0.446. The van der Waals surface area contributed by atoms with Crippen molar-refractivity contribution < 1.29 is 4.79 Å². The topological polar surface area (TPSA) is 59.3 Å². The second-order valence-corrected chi connectivity index (χ2v) is 6.67. The summed E-state index contributed by atoms with van der Waals surface area (Å²) in [6, 6.07) is 10.7. The van der Waals surface area contributed by atoms with Gasteiger partial charge < -0.3 is 0 Å². The first kappa shape index (κ1) is 16.7. The van der Waals surface area contributed by atoms with E-state index in [0.29, 0.717) is 16.6 Å². The van der Waals surface area contributed by atoms with Crippen LogP contribution in [-0.4, -0.2) is 21.9 Å². The molecule has 0 fully saturated rings. The Bertz CT molecular complexity index is 874. The number of rotatable bonds is 5. The molecule has 1 aromatic carbocycles. The fraction of sp³-hybridized carbons (Fsp3) is 0.0625. The van der Waals surface area contributed by atoms with E-state index in [1.54, 1.807) is 35.3 Å². The number of halogens is 2. The van der Waals surface area contributed by atoms with Crippen LogP contribution in [0.2, 0.25) is 10.0 Å². The standard InChI is InChI=1S/C16H12Cl2N4OS/c17-12-4-3-11(14(18)8-12)10-22-6-5-15(21-22)16(23)20-19-9-13-2-1-7-24-13/h1-9H,10H2,(H,20,23)/b19-9-. The number of nitrogens with zero attached hydrogens (tertiary/aromatic N) is 3. The first-order valence-electron chi connectivity index (χ1n) is 6.96. The van der Waals surface area contributed by atoms with Gasteiger partial charge in [-0.1, -0.05) is 35.3 Å². The van der Waals surface area contributed by atoms with E-state index in [1.807, 2.05) is 23.6 Å². The van der Waals surface area contributed by atoms with Crippen molar-refractivity contribution in [3.05, 3.63) is 74.2 Å². The van der Waals surface area contributed by atoms with Crippen LogP contribution in [0.15, 0.2) is 53.1 Å². The van der Waals surface area contributed by atoms with Crippen LogP contribution in [0.3, 0.4) is 0 Å². The molecular weight excluding hydrogens is 367 g/mol. The number of aromatic nitrogens is 2. The van der Waals surface area contributed by atoms with Gasteiger partial charge in [0, 0.05) is 21.1 Å². The number of hydrogen-bond donors (Lipinski definition) is 1. The van der Waals surface area contributed by atoms with Crippen LogP contribution >= 0.6 is 34.5 Å². The number of hydrazone groups is 1. The highest BCUT2D eigenvalue weighted by Gasteiger charge is 2.09. The summed E-state index contributed by atoms with van der Waals surface area (Å²) in [5.41, 5.74) is 3.60. The van der Waals surface area contributed by atoms with E-state index in [9.17, 15) is 4.79 Å². The molecule has 0 saturated carbocycles. The molecule has 0 aliphatic carbocycles. The van der Waals surface area contributed by atoms with Gasteiger partial charge in [0.2, 0.25) is 0 Å². The molecule has 2 heterocycles. The van der Waals surface area contributed by atoms with Crippen molar-refractivity contribution in [2.24, 2.45) is 5.10 Å². The van der Waals surface area contributed by atoms with Crippen LogP contribution in [0.5, 0.6) is 0 Å². The second kappa shape index (κ2) is 7.61. The number of thiophene rings is 1. The minimum atomic E-state index is -0.372. The quantitative estimate of drug-likeness (QED) is 0.537. The molecule has 3 rings (SSSR count). The number of carbonyl (C=O) groups excluding carboxylic acids is 1. The van der Waals surface area contributed by atoms with Gasteiger partial charge in [-0.15, -0.1) is 11.3 Å².